The summed E-state index contributed by atoms with van der Waals surface area (Å²) >= 11 is 0. The van der Waals surface area contributed by atoms with Gasteiger partial charge in [-0.15, -0.1) is 0 Å². The summed E-state index contributed by atoms with van der Waals surface area (Å²) < 4.78 is 5.20. The van der Waals surface area contributed by atoms with E-state index >= 15 is 0 Å². The number of carbonyl (C=O) groups excluding carboxylic acids is 1. The van der Waals surface area contributed by atoms with Crippen LogP contribution in [0, 0.1) is 0 Å². The number of amides is 1. The van der Waals surface area contributed by atoms with Gasteiger partial charge in [0, 0.05) is 24.8 Å². The molecule has 4 nitrogen and oxygen atoms in total. The summed E-state index contributed by atoms with van der Waals surface area (Å²) in [5.74, 6) is 0.956. The largest absolute Gasteiger partial charge is 0.497 e. The van der Waals surface area contributed by atoms with Crippen LogP contribution in [0.1, 0.15) is 19.8 Å². The molecule has 1 aliphatic rings. The second-order valence-corrected chi connectivity index (χ2v) is 4.88. The lowest BCUT2D eigenvalue weighted by atomic mass is 10.1. The van der Waals surface area contributed by atoms with Crippen LogP contribution in [-0.2, 0) is 4.79 Å². The van der Waals surface area contributed by atoms with Crippen LogP contribution < -0.4 is 10.1 Å². The summed E-state index contributed by atoms with van der Waals surface area (Å²) in [5.41, 5.74) is 0.914. The van der Waals surface area contributed by atoms with Gasteiger partial charge in [-0.2, -0.15) is 0 Å². The maximum Gasteiger partial charge on any atom is 0.245 e. The minimum Gasteiger partial charge on any atom is -0.497 e. The van der Waals surface area contributed by atoms with Crippen molar-refractivity contribution in [3.63, 3.8) is 0 Å². The molecule has 108 valence electrons. The molecular formula is C16H22N2O2. The van der Waals surface area contributed by atoms with Gasteiger partial charge < -0.3 is 15.0 Å². The number of anilines is 1. The van der Waals surface area contributed by atoms with Gasteiger partial charge in [0.2, 0.25) is 5.91 Å². The number of ether oxygens (including phenoxy) is 1. The summed E-state index contributed by atoms with van der Waals surface area (Å²) in [6.45, 7) is 3.55. The Balaban J connectivity index is 2.03. The van der Waals surface area contributed by atoms with Gasteiger partial charge >= 0.3 is 0 Å². The first-order chi connectivity index (χ1) is 9.74. The van der Waals surface area contributed by atoms with E-state index in [0.717, 1.165) is 37.4 Å². The molecule has 0 spiro atoms. The normalized spacial score (nSPS) is 15.8. The van der Waals surface area contributed by atoms with Gasteiger partial charge in [0.05, 0.1) is 7.11 Å². The number of methoxy groups -OCH3 is 1. The van der Waals surface area contributed by atoms with Gasteiger partial charge in [0.15, 0.2) is 0 Å². The summed E-state index contributed by atoms with van der Waals surface area (Å²) in [6.07, 6.45) is 5.89. The van der Waals surface area contributed by atoms with Gasteiger partial charge in [-0.3, -0.25) is 4.79 Å². The first-order valence-electron chi connectivity index (χ1n) is 7.09. The fraction of sp³-hybridized carbons (Fsp3) is 0.438. The van der Waals surface area contributed by atoms with Gasteiger partial charge in [0.1, 0.15) is 11.8 Å². The van der Waals surface area contributed by atoms with E-state index in [9.17, 15) is 4.79 Å². The number of nitrogens with one attached hydrogen (secondary N) is 1. The molecule has 1 aromatic carbocycles. The molecule has 1 aromatic rings. The zero-order chi connectivity index (χ0) is 14.4. The fourth-order valence-corrected chi connectivity index (χ4v) is 2.31. The number of hydrogen-bond acceptors (Lipinski definition) is 3. The minimum absolute atomic E-state index is 0.166. The molecule has 2 rings (SSSR count). The average molecular weight is 274 g/mol. The van der Waals surface area contributed by atoms with Gasteiger partial charge in [-0.1, -0.05) is 25.1 Å². The Labute approximate surface area is 120 Å². The third-order valence-electron chi connectivity index (χ3n) is 3.49. The maximum atomic E-state index is 12.5. The van der Waals surface area contributed by atoms with E-state index in [1.54, 1.807) is 7.11 Å². The van der Waals surface area contributed by atoms with E-state index in [0.29, 0.717) is 0 Å². The standard InChI is InChI=1S/C16H22N2O2/c1-3-15(16(19)18-10-5-4-6-11-18)17-13-8-7-9-14(12-13)20-2/h4-5,7-9,12,15,17H,3,6,10-11H2,1-2H3. The van der Waals surface area contributed by atoms with E-state index in [4.69, 9.17) is 4.74 Å². The van der Waals surface area contributed by atoms with Crippen LogP contribution in [0.3, 0.4) is 0 Å². The van der Waals surface area contributed by atoms with Gasteiger partial charge in [0.25, 0.3) is 0 Å². The van der Waals surface area contributed by atoms with Crippen molar-refractivity contribution in [2.24, 2.45) is 0 Å². The van der Waals surface area contributed by atoms with Crippen molar-refractivity contribution in [1.82, 2.24) is 4.90 Å². The van der Waals surface area contributed by atoms with Crippen LogP contribution in [0.25, 0.3) is 0 Å². The molecule has 0 bridgehead atoms. The highest BCUT2D eigenvalue weighted by Gasteiger charge is 2.22. The second-order valence-electron chi connectivity index (χ2n) is 4.88. The first-order valence-corrected chi connectivity index (χ1v) is 7.09. The van der Waals surface area contributed by atoms with Crippen molar-refractivity contribution < 1.29 is 9.53 Å². The van der Waals surface area contributed by atoms with Crippen LogP contribution >= 0.6 is 0 Å². The molecule has 4 heteroatoms. The third-order valence-corrected chi connectivity index (χ3v) is 3.49. The predicted octanol–water partition coefficient (Wildman–Crippen LogP) is 2.67. The highest BCUT2D eigenvalue weighted by Crippen LogP contribution is 2.19. The van der Waals surface area contributed by atoms with E-state index in [2.05, 4.69) is 17.5 Å². The van der Waals surface area contributed by atoms with E-state index in [1.807, 2.05) is 36.1 Å². The van der Waals surface area contributed by atoms with Crippen LogP contribution in [-0.4, -0.2) is 37.0 Å². The van der Waals surface area contributed by atoms with Crippen molar-refractivity contribution in [1.29, 1.82) is 0 Å². The van der Waals surface area contributed by atoms with Gasteiger partial charge in [-0.25, -0.2) is 0 Å². The molecule has 0 radical (unpaired) electrons. The topological polar surface area (TPSA) is 41.6 Å². The average Bonchev–Trinajstić information content (AvgIpc) is 2.53. The Hall–Kier alpha value is -1.97. The third kappa shape index (κ3) is 3.53. The van der Waals surface area contributed by atoms with E-state index in [-0.39, 0.29) is 11.9 Å². The van der Waals surface area contributed by atoms with E-state index < -0.39 is 0 Å². The van der Waals surface area contributed by atoms with Crippen molar-refractivity contribution >= 4 is 11.6 Å². The lowest BCUT2D eigenvalue weighted by molar-refractivity contribution is -0.131. The summed E-state index contributed by atoms with van der Waals surface area (Å²) in [7, 11) is 1.64. The highest BCUT2D eigenvalue weighted by atomic mass is 16.5. The predicted molar refractivity (Wildman–Crippen MR) is 81.0 cm³/mol. The number of benzene rings is 1. The Bertz CT molecular complexity index is 485. The van der Waals surface area contributed by atoms with Crippen molar-refractivity contribution in [3.05, 3.63) is 36.4 Å². The number of carbonyl (C=O) groups is 1. The summed E-state index contributed by atoms with van der Waals surface area (Å²) in [4.78, 5) is 14.4. The molecule has 1 aliphatic heterocycles. The van der Waals surface area contributed by atoms with Crippen LogP contribution in [0.4, 0.5) is 5.69 Å². The smallest absolute Gasteiger partial charge is 0.245 e. The molecule has 20 heavy (non-hydrogen) atoms. The summed E-state index contributed by atoms with van der Waals surface area (Å²) in [5, 5.41) is 3.31. The quantitative estimate of drug-likeness (QED) is 0.839. The monoisotopic (exact) mass is 274 g/mol. The molecule has 1 heterocycles. The van der Waals surface area contributed by atoms with Gasteiger partial charge in [-0.05, 0) is 25.0 Å². The number of rotatable bonds is 5. The molecule has 0 saturated heterocycles. The molecular weight excluding hydrogens is 252 g/mol. The molecule has 0 aromatic heterocycles. The first kappa shape index (κ1) is 14.4. The molecule has 1 amide bonds. The maximum absolute atomic E-state index is 12.5. The lowest BCUT2D eigenvalue weighted by Gasteiger charge is -2.28. The Morgan fingerprint density at radius 1 is 1.45 bits per heavy atom. The molecule has 1 unspecified atom stereocenters. The van der Waals surface area contributed by atoms with Crippen LogP contribution in [0.5, 0.6) is 5.75 Å². The minimum atomic E-state index is -0.186. The molecule has 0 saturated carbocycles. The van der Waals surface area contributed by atoms with Crippen molar-refractivity contribution in [2.45, 2.75) is 25.8 Å². The lowest BCUT2D eigenvalue weighted by Crippen LogP contribution is -2.44. The number of nitrogens with zero attached hydrogens (tertiary/aromatic N) is 1. The Morgan fingerprint density at radius 2 is 2.30 bits per heavy atom. The molecule has 0 aliphatic carbocycles. The molecule has 1 atom stereocenters. The molecule has 1 N–H and O–H groups in total. The molecule has 0 fully saturated rings. The van der Waals surface area contributed by atoms with E-state index in [1.165, 1.54) is 0 Å². The SMILES string of the molecule is CCC(Nc1cccc(OC)c1)C(=O)N1CC=CCC1. The Morgan fingerprint density at radius 3 is 2.95 bits per heavy atom. The number of hydrogen-bond donors (Lipinski definition) is 1. The zero-order valence-corrected chi connectivity index (χ0v) is 12.1. The van der Waals surface area contributed by atoms with Crippen LogP contribution in [0.15, 0.2) is 36.4 Å². The highest BCUT2D eigenvalue weighted by molar-refractivity contribution is 5.85. The van der Waals surface area contributed by atoms with Crippen molar-refractivity contribution in [3.8, 4) is 5.75 Å². The van der Waals surface area contributed by atoms with Crippen LogP contribution in [0.2, 0.25) is 0 Å². The fourth-order valence-electron chi connectivity index (χ4n) is 2.31. The summed E-state index contributed by atoms with van der Waals surface area (Å²) in [6, 6.07) is 7.49. The van der Waals surface area contributed by atoms with Crippen molar-refractivity contribution in [2.75, 3.05) is 25.5 Å². The Kier molecular flexibility index (Phi) is 5.04. The zero-order valence-electron chi connectivity index (χ0n) is 12.1. The second kappa shape index (κ2) is 6.98.